The molecule has 0 saturated carbocycles. The summed E-state index contributed by atoms with van der Waals surface area (Å²) in [4.78, 5) is 42.9. The summed E-state index contributed by atoms with van der Waals surface area (Å²) in [5.41, 5.74) is 7.33. The Morgan fingerprint density at radius 3 is 2.03 bits per heavy atom. The van der Waals surface area contributed by atoms with Crippen molar-refractivity contribution in [3.8, 4) is 0 Å². The van der Waals surface area contributed by atoms with E-state index in [2.05, 4.69) is 26.1 Å². The molecule has 2 aromatic carbocycles. The van der Waals surface area contributed by atoms with E-state index in [4.69, 9.17) is 28.9 Å². The minimum Gasteiger partial charge on any atom is -0.351 e. The number of halogens is 2. The second-order valence-corrected chi connectivity index (χ2v) is 10.1. The number of nitrogens with two attached hydrogens (primary N) is 1. The lowest BCUT2D eigenvalue weighted by Crippen LogP contribution is -2.63. The summed E-state index contributed by atoms with van der Waals surface area (Å²) in [6, 6.07) is 11.9. The van der Waals surface area contributed by atoms with Gasteiger partial charge in [-0.2, -0.15) is 0 Å². The van der Waals surface area contributed by atoms with Crippen LogP contribution in [0.3, 0.4) is 0 Å². The topological polar surface area (TPSA) is 95.7 Å². The highest BCUT2D eigenvalue weighted by Gasteiger charge is 2.40. The fourth-order valence-electron chi connectivity index (χ4n) is 3.89. The molecule has 1 aliphatic heterocycles. The third-order valence-corrected chi connectivity index (χ3v) is 6.49. The van der Waals surface area contributed by atoms with Crippen LogP contribution < -0.4 is 11.1 Å². The molecule has 0 aliphatic carbocycles. The zero-order valence-corrected chi connectivity index (χ0v) is 21.1. The maximum atomic E-state index is 13.5. The predicted octanol–water partition coefficient (Wildman–Crippen LogP) is 3.68. The molecule has 0 bridgehead atoms. The van der Waals surface area contributed by atoms with Gasteiger partial charge < -0.3 is 20.9 Å². The van der Waals surface area contributed by atoms with Gasteiger partial charge in [-0.25, -0.2) is 0 Å². The van der Waals surface area contributed by atoms with Crippen LogP contribution in [0.2, 0.25) is 10.0 Å². The lowest BCUT2D eigenvalue weighted by atomic mass is 9.86. The Morgan fingerprint density at radius 1 is 0.941 bits per heavy atom. The average Bonchev–Trinajstić information content (AvgIpc) is 2.82. The summed E-state index contributed by atoms with van der Waals surface area (Å²) in [5, 5.41) is 3.29. The van der Waals surface area contributed by atoms with E-state index in [0.29, 0.717) is 30.1 Å². The first-order chi connectivity index (χ1) is 16.0. The Hall–Kier alpha value is -2.61. The molecule has 34 heavy (non-hydrogen) atoms. The molecular weight excluding hydrogens is 475 g/mol. The highest BCUT2D eigenvalue weighted by molar-refractivity contribution is 6.42. The number of nitrogens with one attached hydrogen (secondary N) is 1. The molecule has 1 atom stereocenters. The highest BCUT2D eigenvalue weighted by atomic mass is 35.5. The Kier molecular flexibility index (Phi) is 8.23. The van der Waals surface area contributed by atoms with Crippen molar-refractivity contribution >= 4 is 40.9 Å². The third kappa shape index (κ3) is 5.71. The van der Waals surface area contributed by atoms with Gasteiger partial charge in [-0.1, -0.05) is 56.1 Å². The van der Waals surface area contributed by atoms with E-state index in [9.17, 15) is 14.4 Å². The lowest BCUT2D eigenvalue weighted by Gasteiger charge is -2.42. The monoisotopic (exact) mass is 504 g/mol. The minimum atomic E-state index is -1.11. The SMILES string of the molecule is CC(C)(C)c1ccc(C(=O)N2CCCN(C(=O)c3ccc(Cl)c(Cl)c3)C2C(=O)NCCN)cc1. The quantitative estimate of drug-likeness (QED) is 0.648. The molecule has 182 valence electrons. The van der Waals surface area contributed by atoms with Crippen LogP contribution in [0.1, 0.15) is 53.5 Å². The van der Waals surface area contributed by atoms with Gasteiger partial charge in [-0.05, 0) is 47.7 Å². The Labute approximate surface area is 210 Å². The molecule has 0 aromatic heterocycles. The molecule has 0 spiro atoms. The summed E-state index contributed by atoms with van der Waals surface area (Å²) >= 11 is 12.1. The molecule has 1 saturated heterocycles. The van der Waals surface area contributed by atoms with E-state index in [0.717, 1.165) is 5.56 Å². The Morgan fingerprint density at radius 2 is 1.50 bits per heavy atom. The molecule has 1 aliphatic rings. The number of amides is 3. The zero-order chi connectivity index (χ0) is 25.0. The first-order valence-corrected chi connectivity index (χ1v) is 12.0. The number of benzene rings is 2. The van der Waals surface area contributed by atoms with Crippen molar-refractivity contribution in [1.29, 1.82) is 0 Å². The first kappa shape index (κ1) is 26.0. The molecule has 3 N–H and O–H groups in total. The minimum absolute atomic E-state index is 0.0551. The number of rotatable bonds is 5. The fourth-order valence-corrected chi connectivity index (χ4v) is 4.19. The number of hydrogen-bond acceptors (Lipinski definition) is 4. The smallest absolute Gasteiger partial charge is 0.263 e. The van der Waals surface area contributed by atoms with E-state index in [1.54, 1.807) is 18.2 Å². The van der Waals surface area contributed by atoms with Crippen molar-refractivity contribution in [3.05, 3.63) is 69.2 Å². The van der Waals surface area contributed by atoms with Crippen molar-refractivity contribution in [2.75, 3.05) is 26.2 Å². The Balaban J connectivity index is 1.94. The number of hydrogen-bond donors (Lipinski definition) is 2. The summed E-state index contributed by atoms with van der Waals surface area (Å²) in [6.07, 6.45) is -0.587. The van der Waals surface area contributed by atoms with Gasteiger partial charge in [0.2, 0.25) is 0 Å². The molecule has 3 rings (SSSR count). The third-order valence-electron chi connectivity index (χ3n) is 5.75. The predicted molar refractivity (Wildman–Crippen MR) is 134 cm³/mol. The molecule has 7 nitrogen and oxygen atoms in total. The van der Waals surface area contributed by atoms with Gasteiger partial charge >= 0.3 is 0 Å². The van der Waals surface area contributed by atoms with Crippen LogP contribution in [0.25, 0.3) is 0 Å². The van der Waals surface area contributed by atoms with Gasteiger partial charge in [-0.3, -0.25) is 14.4 Å². The van der Waals surface area contributed by atoms with Crippen molar-refractivity contribution in [2.24, 2.45) is 5.73 Å². The molecule has 1 fully saturated rings. The van der Waals surface area contributed by atoms with Crippen LogP contribution in [-0.2, 0) is 10.2 Å². The van der Waals surface area contributed by atoms with E-state index < -0.39 is 18.0 Å². The normalized spacial score (nSPS) is 16.4. The number of nitrogens with zero attached hydrogens (tertiary/aromatic N) is 2. The maximum Gasteiger partial charge on any atom is 0.263 e. The Bertz CT molecular complexity index is 1070. The van der Waals surface area contributed by atoms with E-state index in [1.165, 1.54) is 21.9 Å². The van der Waals surface area contributed by atoms with Crippen LogP contribution in [0, 0.1) is 0 Å². The van der Waals surface area contributed by atoms with Crippen LogP contribution in [-0.4, -0.2) is 59.9 Å². The van der Waals surface area contributed by atoms with E-state index in [1.807, 2.05) is 12.1 Å². The molecule has 3 amide bonds. The standard InChI is InChI=1S/C25H30Cl2N4O3/c1-25(2,3)18-8-5-16(6-9-18)23(33)30-13-4-14-31(22(30)21(32)29-12-11-28)24(34)17-7-10-19(26)20(27)15-17/h5-10,15,22H,4,11-14,28H2,1-3H3,(H,29,32). The van der Waals surface area contributed by atoms with Gasteiger partial charge in [0, 0.05) is 37.3 Å². The van der Waals surface area contributed by atoms with E-state index >= 15 is 0 Å². The second kappa shape index (κ2) is 10.8. The van der Waals surface area contributed by atoms with Crippen LogP contribution >= 0.6 is 23.2 Å². The van der Waals surface area contributed by atoms with Gasteiger partial charge in [0.05, 0.1) is 10.0 Å². The van der Waals surface area contributed by atoms with Gasteiger partial charge in [0.15, 0.2) is 6.17 Å². The highest BCUT2D eigenvalue weighted by Crippen LogP contribution is 2.27. The summed E-state index contributed by atoms with van der Waals surface area (Å²) in [6.45, 7) is 7.41. The van der Waals surface area contributed by atoms with Gasteiger partial charge in [-0.15, -0.1) is 0 Å². The van der Waals surface area contributed by atoms with Gasteiger partial charge in [0.1, 0.15) is 0 Å². The molecule has 1 heterocycles. The molecule has 1 unspecified atom stereocenters. The largest absolute Gasteiger partial charge is 0.351 e. The van der Waals surface area contributed by atoms with Crippen molar-refractivity contribution < 1.29 is 14.4 Å². The van der Waals surface area contributed by atoms with Crippen molar-refractivity contribution in [3.63, 3.8) is 0 Å². The number of carbonyl (C=O) groups excluding carboxylic acids is 3. The summed E-state index contributed by atoms with van der Waals surface area (Å²) in [7, 11) is 0. The van der Waals surface area contributed by atoms with Crippen LogP contribution in [0.15, 0.2) is 42.5 Å². The van der Waals surface area contributed by atoms with Crippen molar-refractivity contribution in [2.45, 2.75) is 38.8 Å². The maximum absolute atomic E-state index is 13.5. The zero-order valence-electron chi connectivity index (χ0n) is 19.6. The van der Waals surface area contributed by atoms with E-state index in [-0.39, 0.29) is 35.0 Å². The molecule has 2 aromatic rings. The second-order valence-electron chi connectivity index (χ2n) is 9.26. The average molecular weight is 505 g/mol. The summed E-state index contributed by atoms with van der Waals surface area (Å²) in [5.74, 6) is -1.19. The van der Waals surface area contributed by atoms with Crippen LogP contribution in [0.4, 0.5) is 0 Å². The number of carbonyl (C=O) groups is 3. The lowest BCUT2D eigenvalue weighted by molar-refractivity contribution is -0.132. The first-order valence-electron chi connectivity index (χ1n) is 11.2. The van der Waals surface area contributed by atoms with Crippen molar-refractivity contribution in [1.82, 2.24) is 15.1 Å². The van der Waals surface area contributed by atoms with Gasteiger partial charge in [0.25, 0.3) is 17.7 Å². The fraction of sp³-hybridized carbons (Fsp3) is 0.400. The molecular formula is C25H30Cl2N4O3. The summed E-state index contributed by atoms with van der Waals surface area (Å²) < 4.78 is 0. The molecule has 0 radical (unpaired) electrons. The van der Waals surface area contributed by atoms with Crippen LogP contribution in [0.5, 0.6) is 0 Å². The molecule has 9 heteroatoms.